The summed E-state index contributed by atoms with van der Waals surface area (Å²) in [6, 6.07) is 9.39. The van der Waals surface area contributed by atoms with Crippen LogP contribution in [0, 0.1) is 0 Å². The number of aliphatic hydroxyl groups is 1. The number of β-amino-alcohol motifs (C(OH)–C–C–N with tert-alkyl or cyclic N) is 1. The van der Waals surface area contributed by atoms with Crippen LogP contribution in [0.25, 0.3) is 0 Å². The molecule has 2 rings (SSSR count). The molecule has 7 nitrogen and oxygen atoms in total. The van der Waals surface area contributed by atoms with Crippen LogP contribution < -0.4 is 5.32 Å². The molecule has 2 N–H and O–H groups in total. The largest absolute Gasteiger partial charge is 0.445 e. The van der Waals surface area contributed by atoms with Crippen molar-refractivity contribution in [3.05, 3.63) is 35.9 Å². The maximum absolute atomic E-state index is 12.1. The van der Waals surface area contributed by atoms with E-state index in [4.69, 9.17) is 9.47 Å². The molecule has 7 heteroatoms. The van der Waals surface area contributed by atoms with E-state index in [1.165, 1.54) is 4.90 Å². The number of nitrogens with zero attached hydrogens (tertiary/aromatic N) is 1. The van der Waals surface area contributed by atoms with Crippen LogP contribution >= 0.6 is 0 Å². The molecule has 0 aliphatic carbocycles. The second-order valence-electron chi connectivity index (χ2n) is 7.29. The third kappa shape index (κ3) is 6.26. The molecule has 1 saturated heterocycles. The fourth-order valence-corrected chi connectivity index (χ4v) is 2.52. The number of amides is 2. The minimum absolute atomic E-state index is 0.0182. The standard InChI is InChI=1S/C18H26N2O5/c1-17(2,3)25-15(21)19-12-18(23)9-10-20(13-18)16(22)24-11-14-7-5-4-6-8-14/h4-8,23H,9-13H2,1-3H3,(H,19,21). The van der Waals surface area contributed by atoms with Crippen molar-refractivity contribution >= 4 is 12.2 Å². The third-order valence-corrected chi connectivity index (χ3v) is 3.76. The molecular formula is C18H26N2O5. The van der Waals surface area contributed by atoms with Crippen LogP contribution in [0.2, 0.25) is 0 Å². The summed E-state index contributed by atoms with van der Waals surface area (Å²) in [5.74, 6) is 0. The smallest absolute Gasteiger partial charge is 0.410 e. The van der Waals surface area contributed by atoms with Gasteiger partial charge in [0.2, 0.25) is 0 Å². The van der Waals surface area contributed by atoms with E-state index in [2.05, 4.69) is 5.32 Å². The Labute approximate surface area is 147 Å². The van der Waals surface area contributed by atoms with Gasteiger partial charge < -0.3 is 24.8 Å². The summed E-state index contributed by atoms with van der Waals surface area (Å²) in [5.41, 5.74) is -0.880. The zero-order chi connectivity index (χ0) is 18.5. The first kappa shape index (κ1) is 19.1. The van der Waals surface area contributed by atoms with Gasteiger partial charge in [-0.1, -0.05) is 30.3 Å². The van der Waals surface area contributed by atoms with Crippen LogP contribution in [-0.4, -0.2) is 53.0 Å². The average molecular weight is 350 g/mol. The number of nitrogens with one attached hydrogen (secondary N) is 1. The summed E-state index contributed by atoms with van der Waals surface area (Å²) in [4.78, 5) is 25.2. The van der Waals surface area contributed by atoms with Crippen LogP contribution in [0.15, 0.2) is 30.3 Å². The summed E-state index contributed by atoms with van der Waals surface area (Å²) >= 11 is 0. The van der Waals surface area contributed by atoms with Gasteiger partial charge in [-0.25, -0.2) is 9.59 Å². The molecule has 1 aromatic rings. The highest BCUT2D eigenvalue weighted by Gasteiger charge is 2.39. The number of carbonyl (C=O) groups is 2. The van der Waals surface area contributed by atoms with Crippen molar-refractivity contribution in [3.8, 4) is 0 Å². The number of benzene rings is 1. The van der Waals surface area contributed by atoms with E-state index < -0.39 is 23.4 Å². The summed E-state index contributed by atoms with van der Waals surface area (Å²) in [5, 5.41) is 13.1. The van der Waals surface area contributed by atoms with Crippen molar-refractivity contribution < 1.29 is 24.2 Å². The van der Waals surface area contributed by atoms with Crippen LogP contribution in [0.1, 0.15) is 32.8 Å². The number of hydrogen-bond acceptors (Lipinski definition) is 5. The Balaban J connectivity index is 1.77. The minimum atomic E-state index is -1.18. The molecule has 138 valence electrons. The quantitative estimate of drug-likeness (QED) is 0.870. The van der Waals surface area contributed by atoms with E-state index in [0.717, 1.165) is 5.56 Å². The van der Waals surface area contributed by atoms with Crippen LogP contribution in [-0.2, 0) is 16.1 Å². The molecule has 1 atom stereocenters. The predicted molar refractivity (Wildman–Crippen MR) is 92.0 cm³/mol. The average Bonchev–Trinajstić information content (AvgIpc) is 2.93. The van der Waals surface area contributed by atoms with Crippen LogP contribution in [0.4, 0.5) is 9.59 Å². The molecule has 1 aliphatic heterocycles. The van der Waals surface area contributed by atoms with Gasteiger partial charge in [-0.2, -0.15) is 0 Å². The van der Waals surface area contributed by atoms with Gasteiger partial charge in [-0.05, 0) is 32.8 Å². The molecule has 2 amide bonds. The van der Waals surface area contributed by atoms with E-state index >= 15 is 0 Å². The first-order chi connectivity index (χ1) is 11.7. The summed E-state index contributed by atoms with van der Waals surface area (Å²) < 4.78 is 10.4. The number of carbonyl (C=O) groups excluding carboxylic acids is 2. The van der Waals surface area contributed by atoms with Crippen molar-refractivity contribution in [1.82, 2.24) is 10.2 Å². The number of ether oxygens (including phenoxy) is 2. The second kappa shape index (κ2) is 7.74. The molecule has 1 aromatic carbocycles. The molecule has 0 spiro atoms. The van der Waals surface area contributed by atoms with Crippen molar-refractivity contribution in [1.29, 1.82) is 0 Å². The molecule has 1 heterocycles. The Morgan fingerprint density at radius 2 is 1.96 bits per heavy atom. The third-order valence-electron chi connectivity index (χ3n) is 3.76. The van der Waals surface area contributed by atoms with Gasteiger partial charge in [0.15, 0.2) is 0 Å². The van der Waals surface area contributed by atoms with Crippen molar-refractivity contribution in [2.45, 2.75) is 45.0 Å². The Bertz CT molecular complexity index is 599. The van der Waals surface area contributed by atoms with Gasteiger partial charge in [-0.15, -0.1) is 0 Å². The highest BCUT2D eigenvalue weighted by Crippen LogP contribution is 2.21. The van der Waals surface area contributed by atoms with Gasteiger partial charge in [0.1, 0.15) is 17.8 Å². The topological polar surface area (TPSA) is 88.1 Å². The molecule has 0 bridgehead atoms. The zero-order valence-electron chi connectivity index (χ0n) is 14.9. The molecule has 1 fully saturated rings. The maximum atomic E-state index is 12.1. The van der Waals surface area contributed by atoms with Crippen LogP contribution in [0.3, 0.4) is 0 Å². The van der Waals surface area contributed by atoms with Gasteiger partial charge in [-0.3, -0.25) is 0 Å². The predicted octanol–water partition coefficient (Wildman–Crippen LogP) is 2.28. The molecule has 1 aliphatic rings. The van der Waals surface area contributed by atoms with E-state index in [0.29, 0.717) is 13.0 Å². The normalized spacial score (nSPS) is 20.2. The highest BCUT2D eigenvalue weighted by atomic mass is 16.6. The second-order valence-corrected chi connectivity index (χ2v) is 7.29. The number of rotatable bonds is 4. The van der Waals surface area contributed by atoms with Crippen molar-refractivity contribution in [2.24, 2.45) is 0 Å². The number of hydrogen-bond donors (Lipinski definition) is 2. The lowest BCUT2D eigenvalue weighted by atomic mass is 10.0. The molecule has 25 heavy (non-hydrogen) atoms. The Morgan fingerprint density at radius 1 is 1.28 bits per heavy atom. The molecule has 0 aromatic heterocycles. The number of likely N-dealkylation sites (tertiary alicyclic amines) is 1. The lowest BCUT2D eigenvalue weighted by Crippen LogP contribution is -2.46. The van der Waals surface area contributed by atoms with E-state index in [1.54, 1.807) is 20.8 Å². The van der Waals surface area contributed by atoms with Crippen LogP contribution in [0.5, 0.6) is 0 Å². The fourth-order valence-electron chi connectivity index (χ4n) is 2.52. The SMILES string of the molecule is CC(C)(C)OC(=O)NCC1(O)CCN(C(=O)OCc2ccccc2)C1. The highest BCUT2D eigenvalue weighted by molar-refractivity contribution is 5.69. The van der Waals surface area contributed by atoms with Gasteiger partial charge in [0, 0.05) is 6.54 Å². The summed E-state index contributed by atoms with van der Waals surface area (Å²) in [6.07, 6.45) is -0.702. The number of alkyl carbamates (subject to hydrolysis) is 1. The van der Waals surface area contributed by atoms with Crippen molar-refractivity contribution in [3.63, 3.8) is 0 Å². The maximum Gasteiger partial charge on any atom is 0.410 e. The Hall–Kier alpha value is -2.28. The fraction of sp³-hybridized carbons (Fsp3) is 0.556. The van der Waals surface area contributed by atoms with Gasteiger partial charge in [0.25, 0.3) is 0 Å². The lowest BCUT2D eigenvalue weighted by molar-refractivity contribution is 0.0275. The van der Waals surface area contributed by atoms with Crippen molar-refractivity contribution in [2.75, 3.05) is 19.6 Å². The monoisotopic (exact) mass is 350 g/mol. The summed E-state index contributed by atoms with van der Waals surface area (Å²) in [7, 11) is 0. The van der Waals surface area contributed by atoms with Gasteiger partial charge in [0.05, 0.1) is 13.1 Å². The van der Waals surface area contributed by atoms with E-state index in [1.807, 2.05) is 30.3 Å². The minimum Gasteiger partial charge on any atom is -0.445 e. The zero-order valence-corrected chi connectivity index (χ0v) is 14.9. The molecule has 0 saturated carbocycles. The first-order valence-electron chi connectivity index (χ1n) is 8.32. The van der Waals surface area contributed by atoms with E-state index in [-0.39, 0.29) is 19.7 Å². The molecule has 0 radical (unpaired) electrons. The molecular weight excluding hydrogens is 324 g/mol. The molecule has 1 unspecified atom stereocenters. The first-order valence-corrected chi connectivity index (χ1v) is 8.32. The Morgan fingerprint density at radius 3 is 2.60 bits per heavy atom. The lowest BCUT2D eigenvalue weighted by Gasteiger charge is -2.25. The summed E-state index contributed by atoms with van der Waals surface area (Å²) in [6.45, 7) is 5.98. The van der Waals surface area contributed by atoms with E-state index in [9.17, 15) is 14.7 Å². The van der Waals surface area contributed by atoms with Gasteiger partial charge >= 0.3 is 12.2 Å². The Kier molecular flexibility index (Phi) is 5.89.